The number of hydrogen-bond donors (Lipinski definition) is 1. The van der Waals surface area contributed by atoms with E-state index < -0.39 is 33.8 Å². The first kappa shape index (κ1) is 27.1. The Morgan fingerprint density at radius 1 is 1.13 bits per heavy atom. The minimum absolute atomic E-state index is 0.0121. The molecule has 0 bridgehead atoms. The second kappa shape index (κ2) is 11.2. The minimum atomic E-state index is -1.08. The van der Waals surface area contributed by atoms with Crippen LogP contribution in [0, 0.1) is 21.7 Å². The predicted molar refractivity (Wildman–Crippen MR) is 139 cm³/mol. The van der Waals surface area contributed by atoms with Crippen LogP contribution in [0.3, 0.4) is 0 Å². The van der Waals surface area contributed by atoms with Crippen LogP contribution in [0.1, 0.15) is 37.8 Å². The molecule has 2 heterocycles. The van der Waals surface area contributed by atoms with Crippen molar-refractivity contribution in [2.75, 3.05) is 5.32 Å². The summed E-state index contributed by atoms with van der Waals surface area (Å²) in [5.41, 5.74) is -1.33. The third-order valence-electron chi connectivity index (χ3n) is 5.31. The van der Waals surface area contributed by atoms with Crippen molar-refractivity contribution in [2.24, 2.45) is 0 Å². The average molecular weight is 535 g/mol. The number of aromatic nitrogens is 2. The van der Waals surface area contributed by atoms with Crippen molar-refractivity contribution < 1.29 is 27.7 Å². The quantitative estimate of drug-likeness (QED) is 0.121. The van der Waals surface area contributed by atoms with Gasteiger partial charge in [-0.05, 0) is 50.6 Å². The van der Waals surface area contributed by atoms with Gasteiger partial charge in [0, 0.05) is 24.1 Å². The summed E-state index contributed by atoms with van der Waals surface area (Å²) >= 11 is 0. The van der Waals surface area contributed by atoms with E-state index in [1.807, 2.05) is 0 Å². The van der Waals surface area contributed by atoms with E-state index >= 15 is 0 Å². The molecule has 0 unspecified atom stereocenters. The molecule has 9 nitrogen and oxygen atoms in total. The third kappa shape index (κ3) is 6.69. The summed E-state index contributed by atoms with van der Waals surface area (Å²) in [5, 5.41) is 14.1. The maximum Gasteiger partial charge on any atom is 0.355 e. The van der Waals surface area contributed by atoms with Gasteiger partial charge in [-0.15, -0.1) is 0 Å². The van der Waals surface area contributed by atoms with Crippen LogP contribution in [0.5, 0.6) is 0 Å². The Labute approximate surface area is 222 Å². The molecule has 0 saturated carbocycles. The summed E-state index contributed by atoms with van der Waals surface area (Å²) in [6.45, 7) is 5.13. The Morgan fingerprint density at radius 2 is 1.90 bits per heavy atom. The molecule has 2 aromatic heterocycles. The highest BCUT2D eigenvalue weighted by molar-refractivity contribution is 5.96. The third-order valence-corrected chi connectivity index (χ3v) is 5.31. The molecule has 2 aromatic carbocycles. The molecule has 0 aliphatic carbocycles. The number of halogens is 2. The summed E-state index contributed by atoms with van der Waals surface area (Å²) in [7, 11) is 0. The minimum Gasteiger partial charge on any atom is -0.465 e. The highest BCUT2D eigenvalue weighted by Gasteiger charge is 2.24. The molecule has 11 heteroatoms. The topological polar surface area (TPSA) is 120 Å². The van der Waals surface area contributed by atoms with E-state index in [0.29, 0.717) is 5.76 Å². The van der Waals surface area contributed by atoms with E-state index in [9.17, 15) is 23.7 Å². The maximum atomic E-state index is 15.0. The Hall–Kier alpha value is -4.93. The van der Waals surface area contributed by atoms with Gasteiger partial charge in [-0.3, -0.25) is 10.1 Å². The molecule has 0 fully saturated rings. The van der Waals surface area contributed by atoms with E-state index in [4.69, 9.17) is 9.15 Å². The fourth-order valence-electron chi connectivity index (χ4n) is 3.59. The van der Waals surface area contributed by atoms with Gasteiger partial charge in [0.1, 0.15) is 22.9 Å². The fraction of sp³-hybridized carbons (Fsp3) is 0.179. The number of carbonyl (C=O) groups excluding carboxylic acids is 1. The Morgan fingerprint density at radius 3 is 2.56 bits per heavy atom. The number of benzene rings is 2. The van der Waals surface area contributed by atoms with Crippen molar-refractivity contribution in [2.45, 2.75) is 32.8 Å². The first-order chi connectivity index (χ1) is 18.5. The summed E-state index contributed by atoms with van der Waals surface area (Å²) in [6, 6.07) is 13.0. The molecular formula is C28H24F2N4O5. The lowest BCUT2D eigenvalue weighted by molar-refractivity contribution is -0.387. The van der Waals surface area contributed by atoms with Crippen LogP contribution in [0.2, 0.25) is 0 Å². The number of rotatable bonds is 8. The average Bonchev–Trinajstić information content (AvgIpc) is 3.38. The molecule has 0 spiro atoms. The zero-order valence-electron chi connectivity index (χ0n) is 21.3. The number of nitro groups is 1. The van der Waals surface area contributed by atoms with Gasteiger partial charge in [0.2, 0.25) is 5.82 Å². The summed E-state index contributed by atoms with van der Waals surface area (Å²) in [5.74, 6) is -1.89. The Kier molecular flexibility index (Phi) is 7.80. The number of anilines is 1. The van der Waals surface area contributed by atoms with E-state index in [1.54, 1.807) is 45.0 Å². The SMILES string of the molecule is CC(C)(C)OC(=O)/C(=C\c1ccco1)Nc1ncc(-c2cccc([N+](=O)[O-])c2F)nc1Cc1ccccc1F. The Balaban J connectivity index is 1.81. The zero-order chi connectivity index (χ0) is 28.2. The molecular weight excluding hydrogens is 510 g/mol. The van der Waals surface area contributed by atoms with Crippen LogP contribution >= 0.6 is 0 Å². The number of carbonyl (C=O) groups is 1. The molecule has 0 aliphatic rings. The van der Waals surface area contributed by atoms with Crippen molar-refractivity contribution in [1.29, 1.82) is 0 Å². The van der Waals surface area contributed by atoms with Gasteiger partial charge >= 0.3 is 11.7 Å². The second-order valence-electron chi connectivity index (χ2n) is 9.41. The van der Waals surface area contributed by atoms with Gasteiger partial charge in [-0.1, -0.05) is 24.3 Å². The predicted octanol–water partition coefficient (Wildman–Crippen LogP) is 6.31. The van der Waals surface area contributed by atoms with Crippen LogP contribution in [-0.4, -0.2) is 26.5 Å². The molecule has 1 N–H and O–H groups in total. The van der Waals surface area contributed by atoms with Crippen LogP contribution in [-0.2, 0) is 16.0 Å². The molecule has 4 aromatic rings. The largest absolute Gasteiger partial charge is 0.465 e. The number of furan rings is 1. The monoisotopic (exact) mass is 534 g/mol. The summed E-state index contributed by atoms with van der Waals surface area (Å²) < 4.78 is 40.4. The molecule has 200 valence electrons. The number of ether oxygens (including phenoxy) is 1. The molecule has 4 rings (SSSR count). The maximum absolute atomic E-state index is 15.0. The van der Waals surface area contributed by atoms with Crippen molar-refractivity contribution in [1.82, 2.24) is 9.97 Å². The summed E-state index contributed by atoms with van der Waals surface area (Å²) in [6.07, 6.45) is 3.96. The lowest BCUT2D eigenvalue weighted by atomic mass is 10.1. The zero-order valence-corrected chi connectivity index (χ0v) is 21.3. The van der Waals surface area contributed by atoms with Crippen molar-refractivity contribution in [3.05, 3.63) is 112 Å². The number of hydrogen-bond acceptors (Lipinski definition) is 8. The molecule has 0 saturated heterocycles. The van der Waals surface area contributed by atoms with E-state index in [2.05, 4.69) is 15.3 Å². The first-order valence-electron chi connectivity index (χ1n) is 11.8. The van der Waals surface area contributed by atoms with Crippen LogP contribution in [0.25, 0.3) is 17.3 Å². The van der Waals surface area contributed by atoms with Gasteiger partial charge in [0.15, 0.2) is 5.82 Å². The fourth-order valence-corrected chi connectivity index (χ4v) is 3.59. The standard InChI is InChI=1S/C28H24F2N4O5/c1-28(2,3)39-27(35)22(15-18-9-7-13-38-18)33-26-21(14-17-8-4-5-11-20(17)29)32-23(16-31-26)19-10-6-12-24(25(19)30)34(36)37/h4-13,15-16H,14H2,1-3H3,(H,31,33)/b22-15+. The highest BCUT2D eigenvalue weighted by atomic mass is 19.1. The number of nitro benzene ring substituents is 1. The molecule has 0 radical (unpaired) electrons. The van der Waals surface area contributed by atoms with Crippen LogP contribution in [0.4, 0.5) is 20.3 Å². The molecule has 0 aliphatic heterocycles. The van der Waals surface area contributed by atoms with E-state index in [0.717, 1.165) is 6.07 Å². The lowest BCUT2D eigenvalue weighted by Crippen LogP contribution is -2.27. The molecule has 0 amide bonds. The van der Waals surface area contributed by atoms with Gasteiger partial charge in [0.05, 0.1) is 28.8 Å². The lowest BCUT2D eigenvalue weighted by Gasteiger charge is -2.21. The first-order valence-corrected chi connectivity index (χ1v) is 11.8. The van der Waals surface area contributed by atoms with Gasteiger partial charge in [0.25, 0.3) is 0 Å². The number of esters is 1. The van der Waals surface area contributed by atoms with Crippen molar-refractivity contribution in [3.8, 4) is 11.3 Å². The normalized spacial score (nSPS) is 11.8. The molecule has 0 atom stereocenters. The number of nitrogens with one attached hydrogen (secondary N) is 1. The van der Waals surface area contributed by atoms with Crippen LogP contribution < -0.4 is 5.32 Å². The second-order valence-corrected chi connectivity index (χ2v) is 9.41. The van der Waals surface area contributed by atoms with Gasteiger partial charge in [-0.25, -0.2) is 19.2 Å². The van der Waals surface area contributed by atoms with Gasteiger partial charge < -0.3 is 14.5 Å². The number of nitrogens with zero attached hydrogens (tertiary/aromatic N) is 3. The van der Waals surface area contributed by atoms with E-state index in [1.165, 1.54) is 42.8 Å². The van der Waals surface area contributed by atoms with Crippen LogP contribution in [0.15, 0.2) is 77.2 Å². The van der Waals surface area contributed by atoms with Gasteiger partial charge in [-0.2, -0.15) is 4.39 Å². The molecule has 39 heavy (non-hydrogen) atoms. The highest BCUT2D eigenvalue weighted by Crippen LogP contribution is 2.30. The summed E-state index contributed by atoms with van der Waals surface area (Å²) in [4.78, 5) is 32.2. The van der Waals surface area contributed by atoms with Crippen molar-refractivity contribution in [3.63, 3.8) is 0 Å². The van der Waals surface area contributed by atoms with E-state index in [-0.39, 0.29) is 40.5 Å². The van der Waals surface area contributed by atoms with Crippen molar-refractivity contribution >= 4 is 23.6 Å². The smallest absolute Gasteiger partial charge is 0.355 e. The Bertz CT molecular complexity index is 1550.